The van der Waals surface area contributed by atoms with E-state index in [2.05, 4.69) is 30.2 Å². The van der Waals surface area contributed by atoms with Crippen molar-refractivity contribution in [2.45, 2.75) is 17.9 Å². The molecule has 0 spiro atoms. The molecule has 12 heteroatoms. The highest BCUT2D eigenvalue weighted by molar-refractivity contribution is 7.89. The average Bonchev–Trinajstić information content (AvgIpc) is 3.44. The van der Waals surface area contributed by atoms with Gasteiger partial charge in [-0.1, -0.05) is 11.6 Å². The maximum Gasteiger partial charge on any atom is 0.283 e. The van der Waals surface area contributed by atoms with Gasteiger partial charge in [-0.05, 0) is 24.8 Å². The predicted octanol–water partition coefficient (Wildman–Crippen LogP) is 3.39. The van der Waals surface area contributed by atoms with Crippen LogP contribution in [0.4, 0.5) is 10.2 Å². The van der Waals surface area contributed by atoms with Gasteiger partial charge in [-0.25, -0.2) is 19.3 Å². The molecule has 0 bridgehead atoms. The molecule has 0 aromatic carbocycles. The van der Waals surface area contributed by atoms with Gasteiger partial charge in [-0.3, -0.25) is 0 Å². The molecule has 5 heterocycles. The topological polar surface area (TPSA) is 111 Å². The lowest BCUT2D eigenvalue weighted by Crippen LogP contribution is -2.42. The van der Waals surface area contributed by atoms with Crippen molar-refractivity contribution in [2.75, 3.05) is 25.0 Å². The van der Waals surface area contributed by atoms with Gasteiger partial charge in [-0.15, -0.1) is 4.31 Å². The summed E-state index contributed by atoms with van der Waals surface area (Å²) in [7, 11) is 1.85. The number of halogens is 2. The number of aromatic amines is 1. The lowest BCUT2D eigenvalue weighted by molar-refractivity contribution is 0.274. The number of pyridine rings is 1. The highest BCUT2D eigenvalue weighted by Crippen LogP contribution is 2.29. The highest BCUT2D eigenvalue weighted by atomic mass is 35.5. The Morgan fingerprint density at radius 3 is 3.03 bits per heavy atom. The smallest absolute Gasteiger partial charge is 0.283 e. The van der Waals surface area contributed by atoms with Crippen LogP contribution in [-0.2, 0) is 18.4 Å². The molecular formula is C21H22ClFN8OS. The Bertz CT molecular complexity index is 1280. The van der Waals surface area contributed by atoms with E-state index in [9.17, 15) is 8.94 Å². The van der Waals surface area contributed by atoms with E-state index in [1.54, 1.807) is 35.6 Å². The second kappa shape index (κ2) is 9.26. The second-order valence-electron chi connectivity index (χ2n) is 8.05. The summed E-state index contributed by atoms with van der Waals surface area (Å²) in [5.74, 6) is 0.169. The fourth-order valence-electron chi connectivity index (χ4n) is 3.98. The zero-order chi connectivity index (χ0) is 22.9. The first-order chi connectivity index (χ1) is 16.0. The monoisotopic (exact) mass is 488 g/mol. The number of aryl methyl sites for hydroxylation is 1. The molecule has 0 saturated carbocycles. The molecule has 1 aliphatic heterocycles. The Hall–Kier alpha value is -2.73. The van der Waals surface area contributed by atoms with Crippen LogP contribution >= 0.6 is 11.6 Å². The van der Waals surface area contributed by atoms with Crippen molar-refractivity contribution in [3.63, 3.8) is 0 Å². The number of hydrogen-bond acceptors (Lipinski definition) is 7. The minimum absolute atomic E-state index is 0.132. The summed E-state index contributed by atoms with van der Waals surface area (Å²) in [6.07, 6.45) is 9.71. The Kier molecular flexibility index (Phi) is 6.19. The minimum Gasteiger partial charge on any atom is -0.591 e. The molecule has 0 radical (unpaired) electrons. The lowest BCUT2D eigenvalue weighted by atomic mass is 10.00. The van der Waals surface area contributed by atoms with Crippen molar-refractivity contribution in [3.8, 4) is 11.4 Å². The Morgan fingerprint density at radius 2 is 2.21 bits per heavy atom. The van der Waals surface area contributed by atoms with Crippen LogP contribution < -0.4 is 5.32 Å². The summed E-state index contributed by atoms with van der Waals surface area (Å²) in [6, 6.07) is 1.77. The first-order valence-electron chi connectivity index (χ1n) is 10.5. The highest BCUT2D eigenvalue weighted by Gasteiger charge is 2.31. The summed E-state index contributed by atoms with van der Waals surface area (Å²) >= 11 is 4.77. The molecule has 2 unspecified atom stereocenters. The number of nitrogens with zero attached hydrogens (tertiary/aromatic N) is 6. The van der Waals surface area contributed by atoms with Gasteiger partial charge in [0.25, 0.3) is 5.03 Å². The zero-order valence-electron chi connectivity index (χ0n) is 17.8. The van der Waals surface area contributed by atoms with Crippen molar-refractivity contribution in [2.24, 2.45) is 13.0 Å². The first-order valence-corrected chi connectivity index (χ1v) is 12.0. The number of imidazole rings is 1. The number of H-pyrrole nitrogens is 1. The minimum atomic E-state index is -1.31. The van der Waals surface area contributed by atoms with Crippen LogP contribution in [0.2, 0.25) is 5.02 Å². The Labute approximate surface area is 197 Å². The van der Waals surface area contributed by atoms with E-state index in [-0.39, 0.29) is 11.7 Å². The van der Waals surface area contributed by atoms with Crippen LogP contribution in [-0.4, -0.2) is 58.0 Å². The van der Waals surface area contributed by atoms with Gasteiger partial charge >= 0.3 is 0 Å². The van der Waals surface area contributed by atoms with Crippen LogP contribution in [0, 0.1) is 11.7 Å². The Balaban J connectivity index is 1.29. The van der Waals surface area contributed by atoms with Crippen molar-refractivity contribution < 1.29 is 8.94 Å². The maximum atomic E-state index is 14.5. The number of fused-ring (bicyclic) bond motifs is 1. The molecule has 4 aromatic rings. The van der Waals surface area contributed by atoms with Crippen molar-refractivity contribution >= 4 is 39.8 Å². The molecule has 0 amide bonds. The van der Waals surface area contributed by atoms with Gasteiger partial charge in [0, 0.05) is 50.0 Å². The molecule has 1 aliphatic rings. The maximum absolute atomic E-state index is 14.5. The molecule has 9 nitrogen and oxygen atoms in total. The van der Waals surface area contributed by atoms with Crippen molar-refractivity contribution in [1.29, 1.82) is 0 Å². The van der Waals surface area contributed by atoms with E-state index in [4.69, 9.17) is 11.6 Å². The van der Waals surface area contributed by atoms with Crippen LogP contribution in [0.5, 0.6) is 0 Å². The molecule has 172 valence electrons. The third-order valence-corrected chi connectivity index (χ3v) is 7.19. The van der Waals surface area contributed by atoms with Crippen LogP contribution in [0.25, 0.3) is 22.4 Å². The van der Waals surface area contributed by atoms with E-state index in [1.165, 1.54) is 0 Å². The molecule has 4 aromatic heterocycles. The van der Waals surface area contributed by atoms with E-state index in [0.29, 0.717) is 40.2 Å². The number of piperidine rings is 1. The van der Waals surface area contributed by atoms with Gasteiger partial charge in [0.15, 0.2) is 17.5 Å². The summed E-state index contributed by atoms with van der Waals surface area (Å²) in [4.78, 5) is 20.1. The van der Waals surface area contributed by atoms with Gasteiger partial charge in [0.05, 0.1) is 23.7 Å². The molecule has 5 rings (SSSR count). The molecule has 2 N–H and O–H groups in total. The molecule has 2 atom stereocenters. The fraction of sp³-hybridized carbons (Fsp3) is 0.333. The summed E-state index contributed by atoms with van der Waals surface area (Å²) in [5, 5.41) is 4.93. The third-order valence-electron chi connectivity index (χ3n) is 5.62. The standard InChI is InChI=1S/C21H22ClFN8OS/c1-30-11-18(28-12-30)33(32)31-4-2-3-13(10-31)6-24-21-17(23)9-27-20(29-21)16-8-26-19-15(16)5-14(22)7-25-19/h5,7-9,11-13H,2-4,6,10H2,1H3,(H,25,26)(H,24,27,29). The third kappa shape index (κ3) is 4.67. The number of aromatic nitrogens is 6. The van der Waals surface area contributed by atoms with E-state index < -0.39 is 17.2 Å². The average molecular weight is 489 g/mol. The molecule has 1 fully saturated rings. The van der Waals surface area contributed by atoms with E-state index in [1.807, 2.05) is 11.4 Å². The van der Waals surface area contributed by atoms with Crippen molar-refractivity contribution in [1.82, 2.24) is 33.8 Å². The van der Waals surface area contributed by atoms with Gasteiger partial charge in [-0.2, -0.15) is 4.98 Å². The van der Waals surface area contributed by atoms with Crippen LogP contribution in [0.3, 0.4) is 0 Å². The molecule has 1 saturated heterocycles. The van der Waals surface area contributed by atoms with Crippen molar-refractivity contribution in [3.05, 3.63) is 48.0 Å². The van der Waals surface area contributed by atoms with Gasteiger partial charge < -0.3 is 19.4 Å². The van der Waals surface area contributed by atoms with Crippen LogP contribution in [0.15, 0.2) is 42.2 Å². The SMILES string of the molecule is Cn1cnc([S+]([O-])N2CCCC(CNc3nc(-c4c[nH]c5ncc(Cl)cc45)ncc3F)C2)c1. The van der Waals surface area contributed by atoms with Gasteiger partial charge in [0.1, 0.15) is 17.0 Å². The zero-order valence-corrected chi connectivity index (χ0v) is 19.4. The quantitative estimate of drug-likeness (QED) is 0.400. The van der Waals surface area contributed by atoms with E-state index >= 15 is 0 Å². The van der Waals surface area contributed by atoms with Gasteiger partial charge in [0.2, 0.25) is 0 Å². The predicted molar refractivity (Wildman–Crippen MR) is 124 cm³/mol. The number of nitrogens with one attached hydrogen (secondary N) is 2. The second-order valence-corrected chi connectivity index (χ2v) is 9.92. The summed E-state index contributed by atoms with van der Waals surface area (Å²) in [6.45, 7) is 1.87. The van der Waals surface area contributed by atoms with Crippen LogP contribution in [0.1, 0.15) is 12.8 Å². The normalized spacial score (nSPS) is 18.0. The number of hydrogen-bond donors (Lipinski definition) is 2. The largest absolute Gasteiger partial charge is 0.591 e. The van der Waals surface area contributed by atoms with E-state index in [0.717, 1.165) is 31.0 Å². The first kappa shape index (κ1) is 22.1. The number of anilines is 1. The fourth-order valence-corrected chi connectivity index (χ4v) is 5.44. The lowest BCUT2D eigenvalue weighted by Gasteiger charge is -2.31. The Morgan fingerprint density at radius 1 is 1.33 bits per heavy atom. The number of rotatable bonds is 6. The summed E-state index contributed by atoms with van der Waals surface area (Å²) in [5.41, 5.74) is 1.35. The molecule has 0 aliphatic carbocycles. The molecular weight excluding hydrogens is 467 g/mol. The summed E-state index contributed by atoms with van der Waals surface area (Å²) < 4.78 is 31.0. The molecule has 33 heavy (non-hydrogen) atoms.